The Bertz CT molecular complexity index is 266. The van der Waals surface area contributed by atoms with Crippen molar-refractivity contribution in [2.75, 3.05) is 26.2 Å². The molecule has 2 amide bonds. The van der Waals surface area contributed by atoms with Crippen LogP contribution in [0.4, 0.5) is 0 Å². The van der Waals surface area contributed by atoms with Crippen LogP contribution in [-0.4, -0.2) is 38.0 Å². The maximum atomic E-state index is 11.5. The van der Waals surface area contributed by atoms with Gasteiger partial charge in [-0.15, -0.1) is 12.4 Å². The molecule has 0 aromatic carbocycles. The van der Waals surface area contributed by atoms with Crippen LogP contribution in [-0.2, 0) is 9.59 Å². The third-order valence-corrected chi connectivity index (χ3v) is 2.91. The summed E-state index contributed by atoms with van der Waals surface area (Å²) in [6.45, 7) is 6.67. The zero-order valence-corrected chi connectivity index (χ0v) is 11.9. The number of amides is 2. The first kappa shape index (κ1) is 17.2. The highest BCUT2D eigenvalue weighted by atomic mass is 35.5. The van der Waals surface area contributed by atoms with Crippen LogP contribution in [0.1, 0.15) is 26.7 Å². The van der Waals surface area contributed by atoms with Gasteiger partial charge in [-0.25, -0.2) is 0 Å². The number of nitrogens with one attached hydrogen (secondary N) is 3. The average Bonchev–Trinajstić information content (AvgIpc) is 2.76. The molecule has 1 aliphatic heterocycles. The highest BCUT2D eigenvalue weighted by Crippen LogP contribution is 2.11. The molecule has 3 N–H and O–H groups in total. The van der Waals surface area contributed by atoms with Crippen LogP contribution in [0, 0.1) is 11.8 Å². The first-order valence-corrected chi connectivity index (χ1v) is 6.34. The second-order valence-corrected chi connectivity index (χ2v) is 4.86. The minimum absolute atomic E-state index is 0. The summed E-state index contributed by atoms with van der Waals surface area (Å²) < 4.78 is 0. The summed E-state index contributed by atoms with van der Waals surface area (Å²) in [5, 5.41) is 8.82. The van der Waals surface area contributed by atoms with Gasteiger partial charge in [0.1, 0.15) is 0 Å². The molecule has 1 heterocycles. The van der Waals surface area contributed by atoms with Gasteiger partial charge in [-0.1, -0.05) is 13.8 Å². The Labute approximate surface area is 115 Å². The molecule has 6 heteroatoms. The van der Waals surface area contributed by atoms with Crippen molar-refractivity contribution in [3.05, 3.63) is 0 Å². The Morgan fingerprint density at radius 3 is 2.50 bits per heavy atom. The smallest absolute Gasteiger partial charge is 0.222 e. The van der Waals surface area contributed by atoms with Crippen molar-refractivity contribution in [2.45, 2.75) is 26.7 Å². The summed E-state index contributed by atoms with van der Waals surface area (Å²) >= 11 is 0. The quantitative estimate of drug-likeness (QED) is 0.612. The van der Waals surface area contributed by atoms with E-state index in [1.165, 1.54) is 0 Å². The second kappa shape index (κ2) is 9.16. The van der Waals surface area contributed by atoms with E-state index in [1.807, 2.05) is 13.8 Å². The molecule has 0 aromatic heterocycles. The molecule has 106 valence electrons. The molecule has 1 atom stereocenters. The van der Waals surface area contributed by atoms with Crippen molar-refractivity contribution < 1.29 is 9.59 Å². The Morgan fingerprint density at radius 1 is 1.28 bits per heavy atom. The Kier molecular flexibility index (Phi) is 8.75. The molecule has 0 saturated carbocycles. The predicted octanol–water partition coefficient (Wildman–Crippen LogP) is 0.296. The molecule has 0 bridgehead atoms. The lowest BCUT2D eigenvalue weighted by atomic mass is 10.0. The molecule has 0 aromatic rings. The van der Waals surface area contributed by atoms with Gasteiger partial charge in [-0.3, -0.25) is 9.59 Å². The third kappa shape index (κ3) is 6.81. The standard InChI is InChI=1S/C12H23N3O2.ClH/c1-9(2)12(17)15-6-5-14-11(16)7-10-3-4-13-8-10;/h9-10,13H,3-8H2,1-2H3,(H,14,16)(H,15,17);1H. The molecular formula is C12H24ClN3O2. The molecule has 1 saturated heterocycles. The molecule has 1 unspecified atom stereocenters. The number of halogens is 1. The maximum absolute atomic E-state index is 11.5. The van der Waals surface area contributed by atoms with Crippen LogP contribution in [0.25, 0.3) is 0 Å². The molecule has 18 heavy (non-hydrogen) atoms. The van der Waals surface area contributed by atoms with Crippen LogP contribution in [0.3, 0.4) is 0 Å². The molecule has 1 rings (SSSR count). The fraction of sp³-hybridized carbons (Fsp3) is 0.833. The van der Waals surface area contributed by atoms with E-state index in [-0.39, 0.29) is 30.1 Å². The van der Waals surface area contributed by atoms with Crippen LogP contribution in [0.15, 0.2) is 0 Å². The van der Waals surface area contributed by atoms with E-state index in [9.17, 15) is 9.59 Å². The van der Waals surface area contributed by atoms with Crippen molar-refractivity contribution in [2.24, 2.45) is 11.8 Å². The van der Waals surface area contributed by atoms with Crippen molar-refractivity contribution in [1.82, 2.24) is 16.0 Å². The van der Waals surface area contributed by atoms with Crippen molar-refractivity contribution in [1.29, 1.82) is 0 Å². The molecule has 0 radical (unpaired) electrons. The van der Waals surface area contributed by atoms with E-state index < -0.39 is 0 Å². The van der Waals surface area contributed by atoms with Crippen molar-refractivity contribution >= 4 is 24.2 Å². The molecule has 1 fully saturated rings. The summed E-state index contributed by atoms with van der Waals surface area (Å²) in [6.07, 6.45) is 1.67. The van der Waals surface area contributed by atoms with Gasteiger partial charge in [0.2, 0.25) is 11.8 Å². The van der Waals surface area contributed by atoms with Gasteiger partial charge in [-0.05, 0) is 25.4 Å². The van der Waals surface area contributed by atoms with Crippen LogP contribution < -0.4 is 16.0 Å². The minimum atomic E-state index is -0.00438. The first-order valence-electron chi connectivity index (χ1n) is 6.34. The Morgan fingerprint density at radius 2 is 1.94 bits per heavy atom. The van der Waals surface area contributed by atoms with Crippen molar-refractivity contribution in [3.8, 4) is 0 Å². The lowest BCUT2D eigenvalue weighted by Gasteiger charge is -2.10. The molecular weight excluding hydrogens is 254 g/mol. The fourth-order valence-corrected chi connectivity index (χ4v) is 1.81. The van der Waals surface area contributed by atoms with Gasteiger partial charge in [0.25, 0.3) is 0 Å². The average molecular weight is 278 g/mol. The van der Waals surface area contributed by atoms with E-state index in [0.717, 1.165) is 19.5 Å². The summed E-state index contributed by atoms with van der Waals surface area (Å²) in [7, 11) is 0. The molecule has 0 spiro atoms. The van der Waals surface area contributed by atoms with E-state index in [1.54, 1.807) is 0 Å². The lowest BCUT2D eigenvalue weighted by molar-refractivity contribution is -0.125. The van der Waals surface area contributed by atoms with Crippen LogP contribution in [0.2, 0.25) is 0 Å². The number of carbonyl (C=O) groups is 2. The van der Waals surface area contributed by atoms with Crippen LogP contribution in [0.5, 0.6) is 0 Å². The summed E-state index contributed by atoms with van der Waals surface area (Å²) in [4.78, 5) is 22.8. The molecule has 5 nitrogen and oxygen atoms in total. The Hall–Kier alpha value is -0.810. The normalized spacial score (nSPS) is 18.3. The summed E-state index contributed by atoms with van der Waals surface area (Å²) in [5.41, 5.74) is 0. The number of hydrogen-bond acceptors (Lipinski definition) is 3. The molecule has 0 aliphatic carbocycles. The Balaban J connectivity index is 0.00000289. The van der Waals surface area contributed by atoms with E-state index >= 15 is 0 Å². The number of rotatable bonds is 6. The zero-order chi connectivity index (χ0) is 12.7. The van der Waals surface area contributed by atoms with Gasteiger partial charge in [0, 0.05) is 25.4 Å². The predicted molar refractivity (Wildman–Crippen MR) is 73.7 cm³/mol. The molecule has 1 aliphatic rings. The van der Waals surface area contributed by atoms with Gasteiger partial charge >= 0.3 is 0 Å². The zero-order valence-electron chi connectivity index (χ0n) is 11.1. The monoisotopic (exact) mass is 277 g/mol. The maximum Gasteiger partial charge on any atom is 0.222 e. The number of carbonyl (C=O) groups excluding carboxylic acids is 2. The fourth-order valence-electron chi connectivity index (χ4n) is 1.81. The number of hydrogen-bond donors (Lipinski definition) is 3. The van der Waals surface area contributed by atoms with E-state index in [2.05, 4.69) is 16.0 Å². The van der Waals surface area contributed by atoms with Gasteiger partial charge in [-0.2, -0.15) is 0 Å². The SMILES string of the molecule is CC(C)C(=O)NCCNC(=O)CC1CCNC1.Cl. The summed E-state index contributed by atoms with van der Waals surface area (Å²) in [6, 6.07) is 0. The highest BCUT2D eigenvalue weighted by molar-refractivity contribution is 5.85. The van der Waals surface area contributed by atoms with E-state index in [4.69, 9.17) is 0 Å². The highest BCUT2D eigenvalue weighted by Gasteiger charge is 2.17. The second-order valence-electron chi connectivity index (χ2n) is 4.86. The topological polar surface area (TPSA) is 70.2 Å². The summed E-state index contributed by atoms with van der Waals surface area (Å²) in [5.74, 6) is 0.576. The van der Waals surface area contributed by atoms with E-state index in [0.29, 0.717) is 25.4 Å². The largest absolute Gasteiger partial charge is 0.354 e. The van der Waals surface area contributed by atoms with Crippen LogP contribution >= 0.6 is 12.4 Å². The minimum Gasteiger partial charge on any atom is -0.354 e. The third-order valence-electron chi connectivity index (χ3n) is 2.91. The first-order chi connectivity index (χ1) is 8.09. The van der Waals surface area contributed by atoms with Crippen molar-refractivity contribution in [3.63, 3.8) is 0 Å². The van der Waals surface area contributed by atoms with Gasteiger partial charge < -0.3 is 16.0 Å². The lowest BCUT2D eigenvalue weighted by Crippen LogP contribution is -2.36. The van der Waals surface area contributed by atoms with Gasteiger partial charge in [0.05, 0.1) is 0 Å². The van der Waals surface area contributed by atoms with Gasteiger partial charge in [0.15, 0.2) is 0 Å².